The van der Waals surface area contributed by atoms with Crippen LogP contribution in [0.15, 0.2) is 11.7 Å². The van der Waals surface area contributed by atoms with E-state index < -0.39 is 5.97 Å². The van der Waals surface area contributed by atoms with Crippen LogP contribution >= 0.6 is 23.1 Å². The maximum atomic E-state index is 12.1. The molecule has 8 heteroatoms. The first kappa shape index (κ1) is 14.1. The third kappa shape index (κ3) is 4.10. The Morgan fingerprint density at radius 1 is 1.58 bits per heavy atom. The molecule has 2 heterocycles. The lowest BCUT2D eigenvalue weighted by Gasteiger charge is -2.34. The molecule has 1 aromatic heterocycles. The van der Waals surface area contributed by atoms with Crippen LogP contribution in [-0.4, -0.2) is 51.1 Å². The SMILES string of the molecule is O=C(O)CC1CSCCN1C(=O)NCc1cncs1. The number of carbonyl (C=O) groups is 2. The van der Waals surface area contributed by atoms with Gasteiger partial charge in [0.05, 0.1) is 24.5 Å². The Balaban J connectivity index is 1.89. The second-order valence-corrected chi connectivity index (χ2v) is 6.27. The molecule has 19 heavy (non-hydrogen) atoms. The van der Waals surface area contributed by atoms with Crippen molar-refractivity contribution in [3.8, 4) is 0 Å². The average Bonchev–Trinajstić information content (AvgIpc) is 2.89. The molecule has 2 rings (SSSR count). The van der Waals surface area contributed by atoms with Gasteiger partial charge in [-0.25, -0.2) is 4.79 Å². The number of hydrogen-bond donors (Lipinski definition) is 2. The van der Waals surface area contributed by atoms with Gasteiger partial charge in [0.2, 0.25) is 0 Å². The van der Waals surface area contributed by atoms with Crippen LogP contribution in [0.25, 0.3) is 0 Å². The zero-order valence-corrected chi connectivity index (χ0v) is 11.9. The molecule has 2 amide bonds. The number of nitrogens with zero attached hydrogens (tertiary/aromatic N) is 2. The topological polar surface area (TPSA) is 82.5 Å². The highest BCUT2D eigenvalue weighted by atomic mass is 32.2. The van der Waals surface area contributed by atoms with E-state index in [0.717, 1.165) is 10.6 Å². The predicted octanol–water partition coefficient (Wildman–Crippen LogP) is 1.24. The zero-order valence-electron chi connectivity index (χ0n) is 10.2. The summed E-state index contributed by atoms with van der Waals surface area (Å²) in [5.74, 6) is 0.664. The van der Waals surface area contributed by atoms with E-state index in [9.17, 15) is 9.59 Å². The van der Waals surface area contributed by atoms with E-state index in [2.05, 4.69) is 10.3 Å². The smallest absolute Gasteiger partial charge is 0.318 e. The second-order valence-electron chi connectivity index (χ2n) is 4.15. The van der Waals surface area contributed by atoms with Gasteiger partial charge in [0, 0.05) is 29.1 Å². The second kappa shape index (κ2) is 6.76. The van der Waals surface area contributed by atoms with Gasteiger partial charge in [0.25, 0.3) is 0 Å². The third-order valence-electron chi connectivity index (χ3n) is 2.80. The van der Waals surface area contributed by atoms with Gasteiger partial charge in [-0.3, -0.25) is 9.78 Å². The summed E-state index contributed by atoms with van der Waals surface area (Å²) < 4.78 is 0. The Labute approximate surface area is 119 Å². The number of carboxylic acid groups (broad SMARTS) is 1. The fourth-order valence-corrected chi connectivity index (χ4v) is 3.48. The van der Waals surface area contributed by atoms with Crippen molar-refractivity contribution >= 4 is 35.1 Å². The molecule has 0 bridgehead atoms. The van der Waals surface area contributed by atoms with E-state index in [4.69, 9.17) is 5.11 Å². The quantitative estimate of drug-likeness (QED) is 0.874. The minimum Gasteiger partial charge on any atom is -0.481 e. The number of urea groups is 1. The number of carbonyl (C=O) groups excluding carboxylic acids is 1. The first-order valence-corrected chi connectivity index (χ1v) is 7.91. The number of thioether (sulfide) groups is 1. The molecular formula is C11H15N3O3S2. The molecule has 0 aromatic carbocycles. The molecular weight excluding hydrogens is 286 g/mol. The van der Waals surface area contributed by atoms with Crippen molar-refractivity contribution < 1.29 is 14.7 Å². The summed E-state index contributed by atoms with van der Waals surface area (Å²) in [7, 11) is 0. The normalized spacial score (nSPS) is 19.2. The van der Waals surface area contributed by atoms with Crippen molar-refractivity contribution in [2.45, 2.75) is 19.0 Å². The van der Waals surface area contributed by atoms with Crippen molar-refractivity contribution in [1.29, 1.82) is 0 Å². The van der Waals surface area contributed by atoms with Gasteiger partial charge in [-0.1, -0.05) is 0 Å². The molecule has 1 fully saturated rings. The number of aliphatic carboxylic acids is 1. The Kier molecular flexibility index (Phi) is 5.03. The van der Waals surface area contributed by atoms with Gasteiger partial charge in [-0.2, -0.15) is 11.8 Å². The summed E-state index contributed by atoms with van der Waals surface area (Å²) in [6.07, 6.45) is 1.71. The van der Waals surface area contributed by atoms with Gasteiger partial charge in [-0.15, -0.1) is 11.3 Å². The van der Waals surface area contributed by atoms with Gasteiger partial charge in [0.15, 0.2) is 0 Å². The molecule has 0 spiro atoms. The number of aromatic nitrogens is 1. The first-order valence-electron chi connectivity index (χ1n) is 5.88. The maximum absolute atomic E-state index is 12.1. The number of thiazole rings is 1. The Hall–Kier alpha value is -1.28. The molecule has 6 nitrogen and oxygen atoms in total. The summed E-state index contributed by atoms with van der Waals surface area (Å²) in [6, 6.07) is -0.419. The van der Waals surface area contributed by atoms with E-state index in [1.54, 1.807) is 28.4 Å². The minimum absolute atomic E-state index is 0.000970. The van der Waals surface area contributed by atoms with Crippen molar-refractivity contribution in [2.24, 2.45) is 0 Å². The fraction of sp³-hybridized carbons (Fsp3) is 0.545. The highest BCUT2D eigenvalue weighted by Gasteiger charge is 2.28. The predicted molar refractivity (Wildman–Crippen MR) is 74.4 cm³/mol. The third-order valence-corrected chi connectivity index (χ3v) is 4.67. The van der Waals surface area contributed by atoms with Gasteiger partial charge in [0.1, 0.15) is 0 Å². The number of nitrogens with one attached hydrogen (secondary N) is 1. The zero-order chi connectivity index (χ0) is 13.7. The minimum atomic E-state index is -0.868. The molecule has 0 radical (unpaired) electrons. The highest BCUT2D eigenvalue weighted by molar-refractivity contribution is 7.99. The molecule has 0 saturated carbocycles. The van der Waals surface area contributed by atoms with Crippen LogP contribution in [0.3, 0.4) is 0 Å². The number of hydrogen-bond acceptors (Lipinski definition) is 5. The number of carboxylic acids is 1. The average molecular weight is 301 g/mol. The van der Waals surface area contributed by atoms with E-state index in [-0.39, 0.29) is 18.5 Å². The fourth-order valence-electron chi connectivity index (χ4n) is 1.89. The van der Waals surface area contributed by atoms with Gasteiger partial charge >= 0.3 is 12.0 Å². The Bertz CT molecular complexity index is 438. The van der Waals surface area contributed by atoms with Crippen LogP contribution in [0.5, 0.6) is 0 Å². The molecule has 1 unspecified atom stereocenters. The van der Waals surface area contributed by atoms with Crippen LogP contribution in [0, 0.1) is 0 Å². The van der Waals surface area contributed by atoms with Crippen molar-refractivity contribution in [1.82, 2.24) is 15.2 Å². The molecule has 1 saturated heterocycles. The molecule has 1 aromatic rings. The lowest BCUT2D eigenvalue weighted by molar-refractivity contribution is -0.137. The molecule has 2 N–H and O–H groups in total. The van der Waals surface area contributed by atoms with Crippen LogP contribution in [0.1, 0.15) is 11.3 Å². The first-order chi connectivity index (χ1) is 9.16. The number of rotatable bonds is 4. The lowest BCUT2D eigenvalue weighted by atomic mass is 10.2. The lowest BCUT2D eigenvalue weighted by Crippen LogP contribution is -2.51. The molecule has 1 aliphatic heterocycles. The largest absolute Gasteiger partial charge is 0.481 e. The summed E-state index contributed by atoms with van der Waals surface area (Å²) >= 11 is 3.17. The highest BCUT2D eigenvalue weighted by Crippen LogP contribution is 2.19. The van der Waals surface area contributed by atoms with E-state index in [0.29, 0.717) is 18.8 Å². The standard InChI is InChI=1S/C11H15N3O3S2/c15-10(16)3-8-6-18-2-1-14(8)11(17)13-5-9-4-12-7-19-9/h4,7-8H,1-3,5-6H2,(H,13,17)(H,15,16). The van der Waals surface area contributed by atoms with Crippen LogP contribution in [0.2, 0.25) is 0 Å². The van der Waals surface area contributed by atoms with Crippen LogP contribution in [-0.2, 0) is 11.3 Å². The summed E-state index contributed by atoms with van der Waals surface area (Å²) in [6.45, 7) is 1.03. The van der Waals surface area contributed by atoms with Crippen molar-refractivity contribution in [3.05, 3.63) is 16.6 Å². The van der Waals surface area contributed by atoms with Crippen LogP contribution < -0.4 is 5.32 Å². The van der Waals surface area contributed by atoms with Crippen molar-refractivity contribution in [2.75, 3.05) is 18.1 Å². The van der Waals surface area contributed by atoms with Gasteiger partial charge in [-0.05, 0) is 0 Å². The molecule has 104 valence electrons. The van der Waals surface area contributed by atoms with E-state index in [1.165, 1.54) is 11.3 Å². The number of amides is 2. The molecule has 1 aliphatic rings. The maximum Gasteiger partial charge on any atom is 0.318 e. The van der Waals surface area contributed by atoms with E-state index >= 15 is 0 Å². The van der Waals surface area contributed by atoms with E-state index in [1.807, 2.05) is 0 Å². The summed E-state index contributed by atoms with van der Waals surface area (Å²) in [5.41, 5.74) is 1.71. The summed E-state index contributed by atoms with van der Waals surface area (Å²) in [4.78, 5) is 29.4. The monoisotopic (exact) mass is 301 g/mol. The molecule has 0 aliphatic carbocycles. The van der Waals surface area contributed by atoms with Crippen molar-refractivity contribution in [3.63, 3.8) is 0 Å². The van der Waals surface area contributed by atoms with Gasteiger partial charge < -0.3 is 15.3 Å². The Morgan fingerprint density at radius 3 is 3.11 bits per heavy atom. The van der Waals surface area contributed by atoms with Crippen LogP contribution in [0.4, 0.5) is 4.79 Å². The molecule has 1 atom stereocenters. The Morgan fingerprint density at radius 2 is 2.42 bits per heavy atom. The summed E-state index contributed by atoms with van der Waals surface area (Å²) in [5, 5.41) is 11.7.